The van der Waals surface area contributed by atoms with Crippen LogP contribution in [0.1, 0.15) is 39.5 Å². The van der Waals surface area contributed by atoms with Gasteiger partial charge in [-0.2, -0.15) is 0 Å². The van der Waals surface area contributed by atoms with Crippen molar-refractivity contribution in [3.8, 4) is 0 Å². The molecule has 18 heavy (non-hydrogen) atoms. The van der Waals surface area contributed by atoms with Gasteiger partial charge in [-0.3, -0.25) is 9.59 Å². The van der Waals surface area contributed by atoms with Crippen LogP contribution in [0.25, 0.3) is 0 Å². The van der Waals surface area contributed by atoms with E-state index in [0.29, 0.717) is 25.7 Å². The molecule has 6 heteroatoms. The normalized spacial score (nSPS) is 13.8. The van der Waals surface area contributed by atoms with Gasteiger partial charge in [-0.25, -0.2) is 0 Å². The van der Waals surface area contributed by atoms with E-state index in [4.69, 9.17) is 10.2 Å². The second kappa shape index (κ2) is 9.85. The molecule has 0 aromatic carbocycles. The molecule has 0 rings (SSSR count). The van der Waals surface area contributed by atoms with E-state index in [2.05, 4.69) is 10.6 Å². The lowest BCUT2D eigenvalue weighted by molar-refractivity contribution is -0.123. The molecule has 2 amide bonds. The third kappa shape index (κ3) is 8.95. The van der Waals surface area contributed by atoms with E-state index in [1.807, 2.05) is 0 Å². The summed E-state index contributed by atoms with van der Waals surface area (Å²) in [5.41, 5.74) is 0. The highest BCUT2D eigenvalue weighted by molar-refractivity contribution is 5.77. The number of amides is 2. The van der Waals surface area contributed by atoms with Crippen molar-refractivity contribution in [2.75, 3.05) is 13.2 Å². The van der Waals surface area contributed by atoms with Crippen molar-refractivity contribution < 1.29 is 19.8 Å². The molecule has 0 aromatic rings. The van der Waals surface area contributed by atoms with Gasteiger partial charge >= 0.3 is 0 Å². The molecule has 4 N–H and O–H groups in total. The van der Waals surface area contributed by atoms with E-state index in [1.165, 1.54) is 0 Å². The summed E-state index contributed by atoms with van der Waals surface area (Å²) in [4.78, 5) is 22.7. The largest absolute Gasteiger partial charge is 0.394 e. The number of hydrogen-bond donors (Lipinski definition) is 4. The van der Waals surface area contributed by atoms with Crippen molar-refractivity contribution in [3.63, 3.8) is 0 Å². The van der Waals surface area contributed by atoms with Gasteiger partial charge in [0, 0.05) is 24.9 Å². The highest BCUT2D eigenvalue weighted by atomic mass is 16.3. The van der Waals surface area contributed by atoms with Gasteiger partial charge in [0.1, 0.15) is 0 Å². The fourth-order valence-corrected chi connectivity index (χ4v) is 1.36. The van der Waals surface area contributed by atoms with Crippen LogP contribution in [-0.4, -0.2) is 47.3 Å². The molecule has 0 radical (unpaired) electrons. The Labute approximate surface area is 108 Å². The number of aliphatic hydroxyl groups excluding tert-OH is 2. The smallest absolute Gasteiger partial charge is 0.220 e. The Balaban J connectivity index is 3.55. The van der Waals surface area contributed by atoms with Crippen molar-refractivity contribution in [2.24, 2.45) is 0 Å². The van der Waals surface area contributed by atoms with Crippen LogP contribution in [0.2, 0.25) is 0 Å². The maximum absolute atomic E-state index is 11.3. The third-order valence-corrected chi connectivity index (χ3v) is 2.42. The molecule has 0 aliphatic heterocycles. The number of carbonyl (C=O) groups is 2. The van der Waals surface area contributed by atoms with Crippen molar-refractivity contribution in [3.05, 3.63) is 0 Å². The van der Waals surface area contributed by atoms with Crippen LogP contribution >= 0.6 is 0 Å². The van der Waals surface area contributed by atoms with Crippen molar-refractivity contribution in [2.45, 2.75) is 51.6 Å². The van der Waals surface area contributed by atoms with E-state index in [1.54, 1.807) is 13.8 Å². The maximum atomic E-state index is 11.3. The number of hydrogen-bond acceptors (Lipinski definition) is 4. The summed E-state index contributed by atoms with van der Waals surface area (Å²) in [6.07, 6.45) is 1.97. The molecule has 0 heterocycles. The van der Waals surface area contributed by atoms with Gasteiger partial charge in [0.05, 0.1) is 13.2 Å². The summed E-state index contributed by atoms with van der Waals surface area (Å²) in [7, 11) is 0. The summed E-state index contributed by atoms with van der Waals surface area (Å²) in [6.45, 7) is 3.30. The summed E-state index contributed by atoms with van der Waals surface area (Å²) in [5.74, 6) is -0.221. The van der Waals surface area contributed by atoms with Gasteiger partial charge in [0.15, 0.2) is 0 Å². The van der Waals surface area contributed by atoms with Crippen LogP contribution in [0, 0.1) is 0 Å². The Morgan fingerprint density at radius 1 is 0.889 bits per heavy atom. The summed E-state index contributed by atoms with van der Waals surface area (Å²) >= 11 is 0. The molecule has 0 aromatic heterocycles. The van der Waals surface area contributed by atoms with Crippen LogP contribution in [0.4, 0.5) is 0 Å². The monoisotopic (exact) mass is 260 g/mol. The van der Waals surface area contributed by atoms with Gasteiger partial charge in [0.2, 0.25) is 11.8 Å². The summed E-state index contributed by atoms with van der Waals surface area (Å²) in [5, 5.41) is 22.8. The second-order valence-electron chi connectivity index (χ2n) is 4.51. The molecule has 0 aliphatic rings. The quantitative estimate of drug-likeness (QED) is 0.422. The minimum Gasteiger partial charge on any atom is -0.394 e. The first kappa shape index (κ1) is 16.9. The molecule has 106 valence electrons. The molecule has 2 atom stereocenters. The van der Waals surface area contributed by atoms with Crippen LogP contribution in [0.3, 0.4) is 0 Å². The highest BCUT2D eigenvalue weighted by Crippen LogP contribution is 2.00. The van der Waals surface area contributed by atoms with Gasteiger partial charge in [0.25, 0.3) is 0 Å². The molecule has 0 aliphatic carbocycles. The summed E-state index contributed by atoms with van der Waals surface area (Å²) < 4.78 is 0. The Morgan fingerprint density at radius 3 is 1.50 bits per heavy atom. The molecular weight excluding hydrogens is 236 g/mol. The average molecular weight is 260 g/mol. The molecule has 6 nitrogen and oxygen atoms in total. The Morgan fingerprint density at radius 2 is 1.22 bits per heavy atom. The van der Waals surface area contributed by atoms with E-state index < -0.39 is 0 Å². The SMILES string of the molecule is CC(CO)NC(=O)CCCCC(=O)NC(C)CO. The molecular formula is C12H24N2O4. The standard InChI is InChI=1S/C12H24N2O4/c1-9(7-15)13-11(17)5-3-4-6-12(18)14-10(2)8-16/h9-10,15-16H,3-8H2,1-2H3,(H,13,17)(H,14,18). The van der Waals surface area contributed by atoms with Crippen LogP contribution in [-0.2, 0) is 9.59 Å². The Kier molecular flexibility index (Phi) is 9.22. The van der Waals surface area contributed by atoms with Crippen molar-refractivity contribution in [1.82, 2.24) is 10.6 Å². The predicted octanol–water partition coefficient (Wildman–Crippen LogP) is -0.459. The Hall–Kier alpha value is -1.14. The van der Waals surface area contributed by atoms with E-state index in [-0.39, 0.29) is 37.1 Å². The number of rotatable bonds is 9. The molecule has 0 saturated carbocycles. The Bertz CT molecular complexity index is 232. The lowest BCUT2D eigenvalue weighted by atomic mass is 10.1. The number of unbranched alkanes of at least 4 members (excludes halogenated alkanes) is 1. The zero-order valence-electron chi connectivity index (χ0n) is 11.1. The number of carbonyl (C=O) groups excluding carboxylic acids is 2. The fraction of sp³-hybridized carbons (Fsp3) is 0.833. The van der Waals surface area contributed by atoms with Gasteiger partial charge in [-0.15, -0.1) is 0 Å². The van der Waals surface area contributed by atoms with E-state index in [9.17, 15) is 9.59 Å². The first-order chi connectivity index (χ1) is 8.49. The van der Waals surface area contributed by atoms with Gasteiger partial charge in [-0.1, -0.05) is 0 Å². The first-order valence-corrected chi connectivity index (χ1v) is 6.30. The molecule has 0 fully saturated rings. The minimum absolute atomic E-state index is 0.0762. The third-order valence-electron chi connectivity index (χ3n) is 2.42. The topological polar surface area (TPSA) is 98.7 Å². The number of nitrogens with one attached hydrogen (secondary N) is 2. The predicted molar refractivity (Wildman–Crippen MR) is 67.8 cm³/mol. The van der Waals surface area contributed by atoms with Crippen molar-refractivity contribution >= 4 is 11.8 Å². The van der Waals surface area contributed by atoms with Crippen molar-refractivity contribution in [1.29, 1.82) is 0 Å². The van der Waals surface area contributed by atoms with Crippen LogP contribution in [0.5, 0.6) is 0 Å². The lowest BCUT2D eigenvalue weighted by Gasteiger charge is -2.11. The molecule has 0 bridgehead atoms. The summed E-state index contributed by atoms with van der Waals surface area (Å²) in [6, 6.07) is -0.461. The van der Waals surface area contributed by atoms with Crippen LogP contribution < -0.4 is 10.6 Å². The molecule has 0 saturated heterocycles. The highest BCUT2D eigenvalue weighted by Gasteiger charge is 2.08. The van der Waals surface area contributed by atoms with E-state index >= 15 is 0 Å². The molecule has 0 spiro atoms. The van der Waals surface area contributed by atoms with Gasteiger partial charge in [-0.05, 0) is 26.7 Å². The fourth-order valence-electron chi connectivity index (χ4n) is 1.36. The zero-order chi connectivity index (χ0) is 14.0. The second-order valence-corrected chi connectivity index (χ2v) is 4.51. The molecule has 2 unspecified atom stereocenters. The first-order valence-electron chi connectivity index (χ1n) is 6.30. The average Bonchev–Trinajstić information content (AvgIpc) is 2.34. The lowest BCUT2D eigenvalue weighted by Crippen LogP contribution is -2.35. The maximum Gasteiger partial charge on any atom is 0.220 e. The zero-order valence-corrected chi connectivity index (χ0v) is 11.1. The van der Waals surface area contributed by atoms with Crippen LogP contribution in [0.15, 0.2) is 0 Å². The van der Waals surface area contributed by atoms with Gasteiger partial charge < -0.3 is 20.8 Å². The number of aliphatic hydroxyl groups is 2. The minimum atomic E-state index is -0.230. The van der Waals surface area contributed by atoms with E-state index in [0.717, 1.165) is 0 Å².